The Morgan fingerprint density at radius 1 is 1.52 bits per heavy atom. The van der Waals surface area contributed by atoms with Crippen LogP contribution in [-0.2, 0) is 9.53 Å². The van der Waals surface area contributed by atoms with Crippen molar-refractivity contribution < 1.29 is 13.9 Å². The summed E-state index contributed by atoms with van der Waals surface area (Å²) in [6.45, 7) is 3.79. The average molecular weight is 335 g/mol. The topological polar surface area (TPSA) is 50.4 Å². The number of carbonyl (C=O) groups excluding carboxylic acids is 1. The van der Waals surface area contributed by atoms with Gasteiger partial charge >= 0.3 is 0 Å². The highest BCUT2D eigenvalue weighted by molar-refractivity contribution is 6.35. The van der Waals surface area contributed by atoms with Gasteiger partial charge < -0.3 is 15.4 Å². The smallest absolute Gasteiger partial charge is 0.223 e. The van der Waals surface area contributed by atoms with Gasteiger partial charge in [-0.3, -0.25) is 4.79 Å². The Morgan fingerprint density at radius 2 is 2.29 bits per heavy atom. The zero-order chi connectivity index (χ0) is 15.4. The second kappa shape index (κ2) is 7.40. The number of halogens is 3. The largest absolute Gasteiger partial charge is 0.375 e. The van der Waals surface area contributed by atoms with Gasteiger partial charge in [-0.05, 0) is 24.6 Å². The minimum atomic E-state index is -0.558. The minimum Gasteiger partial charge on any atom is -0.375 e. The van der Waals surface area contributed by atoms with Gasteiger partial charge in [0.05, 0.1) is 30.2 Å². The SMILES string of the molecule is C[C@@H](NC(=O)C[C@H]1CNCCO1)c1cc(F)c(Cl)cc1Cl. The fourth-order valence-corrected chi connectivity index (χ4v) is 2.75. The summed E-state index contributed by atoms with van der Waals surface area (Å²) in [5.74, 6) is -0.723. The van der Waals surface area contributed by atoms with E-state index in [-0.39, 0.29) is 23.5 Å². The molecule has 0 aliphatic carbocycles. The lowest BCUT2D eigenvalue weighted by molar-refractivity contribution is -0.125. The van der Waals surface area contributed by atoms with Crippen molar-refractivity contribution >= 4 is 29.1 Å². The monoisotopic (exact) mass is 334 g/mol. The molecule has 0 unspecified atom stereocenters. The van der Waals surface area contributed by atoms with Gasteiger partial charge in [-0.25, -0.2) is 4.39 Å². The Labute approximate surface area is 132 Å². The summed E-state index contributed by atoms with van der Waals surface area (Å²) in [4.78, 5) is 12.0. The van der Waals surface area contributed by atoms with Crippen molar-refractivity contribution in [3.8, 4) is 0 Å². The molecule has 2 rings (SSSR count). The minimum absolute atomic E-state index is 0.0380. The molecule has 1 amide bonds. The van der Waals surface area contributed by atoms with E-state index in [1.54, 1.807) is 6.92 Å². The maximum atomic E-state index is 13.5. The molecular weight excluding hydrogens is 318 g/mol. The molecule has 0 radical (unpaired) electrons. The van der Waals surface area contributed by atoms with Gasteiger partial charge in [0, 0.05) is 18.1 Å². The fourth-order valence-electron chi connectivity index (χ4n) is 2.21. The number of benzene rings is 1. The molecule has 1 saturated heterocycles. The first-order valence-electron chi connectivity index (χ1n) is 6.73. The molecule has 1 heterocycles. The third kappa shape index (κ3) is 4.54. The highest BCUT2D eigenvalue weighted by atomic mass is 35.5. The first-order chi connectivity index (χ1) is 9.97. The molecule has 0 aromatic heterocycles. The van der Waals surface area contributed by atoms with Crippen LogP contribution < -0.4 is 10.6 Å². The van der Waals surface area contributed by atoms with E-state index < -0.39 is 11.9 Å². The molecule has 7 heteroatoms. The highest BCUT2D eigenvalue weighted by Gasteiger charge is 2.20. The Balaban J connectivity index is 1.95. The fraction of sp³-hybridized carbons (Fsp3) is 0.500. The summed E-state index contributed by atoms with van der Waals surface area (Å²) in [5, 5.41) is 6.23. The van der Waals surface area contributed by atoms with Crippen LogP contribution >= 0.6 is 23.2 Å². The van der Waals surface area contributed by atoms with Crippen LogP contribution in [-0.4, -0.2) is 31.7 Å². The Morgan fingerprint density at radius 3 is 2.95 bits per heavy atom. The summed E-state index contributed by atoms with van der Waals surface area (Å²) < 4.78 is 19.0. The van der Waals surface area contributed by atoms with Crippen LogP contribution in [0.3, 0.4) is 0 Å². The van der Waals surface area contributed by atoms with E-state index in [4.69, 9.17) is 27.9 Å². The van der Waals surface area contributed by atoms with Crippen LogP contribution in [0.25, 0.3) is 0 Å². The summed E-state index contributed by atoms with van der Waals surface area (Å²) >= 11 is 11.7. The summed E-state index contributed by atoms with van der Waals surface area (Å²) in [6.07, 6.45) is 0.119. The van der Waals surface area contributed by atoms with E-state index in [0.29, 0.717) is 23.7 Å². The van der Waals surface area contributed by atoms with E-state index in [1.165, 1.54) is 12.1 Å². The maximum absolute atomic E-state index is 13.5. The first-order valence-corrected chi connectivity index (χ1v) is 7.49. The number of hydrogen-bond acceptors (Lipinski definition) is 3. The van der Waals surface area contributed by atoms with Crippen LogP contribution in [0.2, 0.25) is 10.0 Å². The summed E-state index contributed by atoms with van der Waals surface area (Å²) in [5.41, 5.74) is 0.495. The van der Waals surface area contributed by atoms with Crippen LogP contribution in [0.1, 0.15) is 24.9 Å². The standard InChI is InChI=1S/C14H17Cl2FN2O2/c1-8(10-5-13(17)12(16)6-11(10)15)19-14(20)4-9-7-18-2-3-21-9/h5-6,8-9,18H,2-4,7H2,1H3,(H,19,20)/t8-,9+/m1/s1. The van der Waals surface area contributed by atoms with Crippen LogP contribution in [0.4, 0.5) is 4.39 Å². The van der Waals surface area contributed by atoms with Crippen molar-refractivity contribution in [2.75, 3.05) is 19.7 Å². The quantitative estimate of drug-likeness (QED) is 0.832. The summed E-state index contributed by atoms with van der Waals surface area (Å²) in [6, 6.07) is 2.17. The lowest BCUT2D eigenvalue weighted by Crippen LogP contribution is -2.41. The van der Waals surface area contributed by atoms with E-state index >= 15 is 0 Å². The molecule has 116 valence electrons. The van der Waals surface area contributed by atoms with E-state index in [1.807, 2.05) is 0 Å². The molecular formula is C14H17Cl2FN2O2. The van der Waals surface area contributed by atoms with Gasteiger partial charge in [-0.15, -0.1) is 0 Å². The number of amides is 1. The van der Waals surface area contributed by atoms with Gasteiger partial charge in [0.1, 0.15) is 5.82 Å². The molecule has 21 heavy (non-hydrogen) atoms. The van der Waals surface area contributed by atoms with Crippen LogP contribution in [0.5, 0.6) is 0 Å². The zero-order valence-electron chi connectivity index (χ0n) is 11.6. The Kier molecular flexibility index (Phi) is 5.81. The van der Waals surface area contributed by atoms with Crippen molar-refractivity contribution in [1.29, 1.82) is 0 Å². The molecule has 1 aromatic carbocycles. The molecule has 2 N–H and O–H groups in total. The number of hydrogen-bond donors (Lipinski definition) is 2. The first kappa shape index (κ1) is 16.5. The normalized spacial score (nSPS) is 20.1. The lowest BCUT2D eigenvalue weighted by Gasteiger charge is -2.24. The van der Waals surface area contributed by atoms with Crippen LogP contribution in [0, 0.1) is 5.82 Å². The molecule has 2 atom stereocenters. The van der Waals surface area contributed by atoms with Crippen molar-refractivity contribution in [1.82, 2.24) is 10.6 Å². The van der Waals surface area contributed by atoms with E-state index in [2.05, 4.69) is 10.6 Å². The number of nitrogens with one attached hydrogen (secondary N) is 2. The van der Waals surface area contributed by atoms with Crippen LogP contribution in [0.15, 0.2) is 12.1 Å². The predicted octanol–water partition coefficient (Wildman–Crippen LogP) is 2.69. The molecule has 1 aliphatic heterocycles. The van der Waals surface area contributed by atoms with Gasteiger partial charge in [-0.1, -0.05) is 23.2 Å². The number of morpholine rings is 1. The second-order valence-electron chi connectivity index (χ2n) is 4.98. The van der Waals surface area contributed by atoms with Crippen molar-refractivity contribution in [2.24, 2.45) is 0 Å². The number of ether oxygens (including phenoxy) is 1. The molecule has 0 bridgehead atoms. The number of carbonyl (C=O) groups is 1. The van der Waals surface area contributed by atoms with Gasteiger partial charge in [0.15, 0.2) is 0 Å². The number of rotatable bonds is 4. The second-order valence-corrected chi connectivity index (χ2v) is 5.79. The lowest BCUT2D eigenvalue weighted by atomic mass is 10.1. The molecule has 4 nitrogen and oxygen atoms in total. The molecule has 0 saturated carbocycles. The van der Waals surface area contributed by atoms with Crippen molar-refractivity contribution in [2.45, 2.75) is 25.5 Å². The predicted molar refractivity (Wildman–Crippen MR) is 80.2 cm³/mol. The molecule has 1 aromatic rings. The Hall–Kier alpha value is -0.880. The molecule has 1 aliphatic rings. The zero-order valence-corrected chi connectivity index (χ0v) is 13.1. The van der Waals surface area contributed by atoms with Gasteiger partial charge in [-0.2, -0.15) is 0 Å². The Bertz CT molecular complexity index is 522. The van der Waals surface area contributed by atoms with Gasteiger partial charge in [0.2, 0.25) is 5.91 Å². The van der Waals surface area contributed by atoms with Gasteiger partial charge in [0.25, 0.3) is 0 Å². The van der Waals surface area contributed by atoms with E-state index in [0.717, 1.165) is 6.54 Å². The third-order valence-electron chi connectivity index (χ3n) is 3.30. The van der Waals surface area contributed by atoms with E-state index in [9.17, 15) is 9.18 Å². The van der Waals surface area contributed by atoms with Crippen molar-refractivity contribution in [3.63, 3.8) is 0 Å². The highest BCUT2D eigenvalue weighted by Crippen LogP contribution is 2.28. The summed E-state index contributed by atoms with van der Waals surface area (Å²) in [7, 11) is 0. The average Bonchev–Trinajstić information content (AvgIpc) is 2.43. The maximum Gasteiger partial charge on any atom is 0.223 e. The molecule has 0 spiro atoms. The molecule has 1 fully saturated rings. The van der Waals surface area contributed by atoms with Crippen molar-refractivity contribution in [3.05, 3.63) is 33.6 Å². The third-order valence-corrected chi connectivity index (χ3v) is 3.92.